The van der Waals surface area contributed by atoms with Crippen molar-refractivity contribution >= 4 is 11.9 Å². The molecule has 18 heteroatoms. The van der Waals surface area contributed by atoms with Gasteiger partial charge in [0.25, 0.3) is 11.9 Å². The largest absolute Gasteiger partial charge is 0.508 e. The Morgan fingerprint density at radius 2 is 0.893 bits per heavy atom. The first kappa shape index (κ1) is 51.5. The minimum absolute atomic E-state index is 0. The summed E-state index contributed by atoms with van der Waals surface area (Å²) in [6.07, 6.45) is 5.39. The topological polar surface area (TPSA) is 252 Å². The molecule has 0 atom stereocenters. The molecule has 0 spiro atoms. The predicted octanol–water partition coefficient (Wildman–Crippen LogP) is 1.42. The molecule has 15 nitrogen and oxygen atoms in total. The number of rotatable bonds is 12. The SMILES string of the molecule is CC(=O)O.CC(=O)O.Cc1cc(CN(Cc2ccccn2)Cc2ccccn2)c(O)c(CN(Cc2ccccn2)Cc2ccccc2O)c1.[Fe].[Ni].[O-][Cl+3]([O-])([O-])[O-]. The average molecular weight is 880 g/mol. The third-order valence-corrected chi connectivity index (χ3v) is 6.92. The first-order chi connectivity index (χ1) is 25.5. The van der Waals surface area contributed by atoms with Gasteiger partial charge in [0, 0.05) is 122 Å². The molecule has 0 amide bonds. The maximum atomic E-state index is 11.6. The summed E-state index contributed by atoms with van der Waals surface area (Å²) in [4.78, 5) is 36.0. The first-order valence-corrected chi connectivity index (χ1v) is 17.5. The summed E-state index contributed by atoms with van der Waals surface area (Å²) < 4.78 is 34.0. The fraction of sp³-hybridized carbons (Fsp3) is 0.237. The van der Waals surface area contributed by atoms with E-state index in [1.165, 1.54) is 0 Å². The van der Waals surface area contributed by atoms with Gasteiger partial charge in [0.15, 0.2) is 0 Å². The number of hydrogen-bond acceptors (Lipinski definition) is 13. The minimum atomic E-state index is -4.94. The Balaban J connectivity index is 0.00000176. The number of pyridine rings is 3. The quantitative estimate of drug-likeness (QED) is 0.129. The number of carbonyl (C=O) groups is 2. The van der Waals surface area contributed by atoms with Crippen molar-refractivity contribution in [3.05, 3.63) is 149 Å². The Hall–Kier alpha value is -4.51. The summed E-state index contributed by atoms with van der Waals surface area (Å²) in [5, 5.41) is 36.9. The maximum absolute atomic E-state index is 11.6. The van der Waals surface area contributed by atoms with Crippen LogP contribution in [-0.4, -0.2) is 57.1 Å². The van der Waals surface area contributed by atoms with Gasteiger partial charge in [-0.05, 0) is 49.4 Å². The molecule has 0 fully saturated rings. The van der Waals surface area contributed by atoms with E-state index in [4.69, 9.17) is 38.4 Å². The van der Waals surface area contributed by atoms with Gasteiger partial charge in [-0.3, -0.25) is 34.3 Å². The third-order valence-electron chi connectivity index (χ3n) is 6.92. The van der Waals surface area contributed by atoms with Crippen molar-refractivity contribution in [2.24, 2.45) is 0 Å². The van der Waals surface area contributed by atoms with Crippen LogP contribution in [0.4, 0.5) is 0 Å². The van der Waals surface area contributed by atoms with Crippen LogP contribution in [0.25, 0.3) is 0 Å². The zero-order chi connectivity index (χ0) is 40.1. The molecule has 0 bridgehead atoms. The van der Waals surface area contributed by atoms with Crippen LogP contribution in [-0.2, 0) is 82.4 Å². The molecule has 0 aliphatic rings. The second-order valence-corrected chi connectivity index (χ2v) is 12.5. The average Bonchev–Trinajstić information content (AvgIpc) is 3.08. The standard InChI is InChI=1S/C34H35N5O2.2C2H4O2.ClHO4.Fe.Ni/c1-26-18-28(21-38(23-30-11-4-7-15-35-30)20-27-10-2-3-14-33(27)40)34(41)29(19-26)22-39(24-31-12-5-8-16-36-31)25-32-13-6-9-17-37-32;2*1-2(3)4;2-1(3,4)5;;/h2-19,40-41H,20-25H2,1H3;2*1H3,(H,3,4);(H,2,3,4,5);;/p-1. The molecule has 3 aromatic heterocycles. The van der Waals surface area contributed by atoms with Crippen molar-refractivity contribution in [1.82, 2.24) is 24.8 Å². The number of halogens is 1. The molecule has 5 rings (SSSR count). The number of aromatic nitrogens is 3. The molecule has 0 unspecified atom stereocenters. The van der Waals surface area contributed by atoms with Gasteiger partial charge in [-0.2, -0.15) is 0 Å². The van der Waals surface area contributed by atoms with Gasteiger partial charge < -0.3 is 20.4 Å². The summed E-state index contributed by atoms with van der Waals surface area (Å²) >= 11 is 0. The van der Waals surface area contributed by atoms with Crippen LogP contribution in [0.5, 0.6) is 11.5 Å². The van der Waals surface area contributed by atoms with E-state index in [9.17, 15) is 10.2 Å². The summed E-state index contributed by atoms with van der Waals surface area (Å²) in [5.74, 6) is -1.13. The first-order valence-electron chi connectivity index (χ1n) is 16.2. The normalized spacial score (nSPS) is 10.2. The number of nitrogens with zero attached hydrogens (tertiary/aromatic N) is 5. The minimum Gasteiger partial charge on any atom is -0.508 e. The predicted molar refractivity (Wildman–Crippen MR) is 186 cm³/mol. The molecule has 306 valence electrons. The Labute approximate surface area is 348 Å². The Morgan fingerprint density at radius 3 is 1.21 bits per heavy atom. The molecule has 2 aromatic carbocycles. The summed E-state index contributed by atoms with van der Waals surface area (Å²) in [6.45, 7) is 7.58. The second-order valence-electron chi connectivity index (χ2n) is 11.7. The van der Waals surface area contributed by atoms with E-state index >= 15 is 0 Å². The Kier molecular flexibility index (Phi) is 25.0. The fourth-order valence-electron chi connectivity index (χ4n) is 5.04. The van der Waals surface area contributed by atoms with E-state index in [1.54, 1.807) is 24.7 Å². The number of carboxylic acid groups (broad SMARTS) is 2. The second kappa shape index (κ2) is 27.2. The molecule has 4 N–H and O–H groups in total. The van der Waals surface area contributed by atoms with E-state index < -0.39 is 22.2 Å². The number of aliphatic carboxylic acids is 2. The summed E-state index contributed by atoms with van der Waals surface area (Å²) in [6, 6.07) is 29.2. The zero-order valence-electron chi connectivity index (χ0n) is 30.7. The fourth-order valence-corrected chi connectivity index (χ4v) is 5.04. The van der Waals surface area contributed by atoms with Crippen molar-refractivity contribution < 1.29 is 92.5 Å². The molecular weight excluding hydrogens is 836 g/mol. The van der Waals surface area contributed by atoms with Gasteiger partial charge in [-0.15, -0.1) is 10.2 Å². The van der Waals surface area contributed by atoms with E-state index in [1.807, 2.05) is 78.9 Å². The van der Waals surface area contributed by atoms with Crippen molar-refractivity contribution in [2.75, 3.05) is 0 Å². The van der Waals surface area contributed by atoms with Crippen LogP contribution in [0, 0.1) is 17.2 Å². The van der Waals surface area contributed by atoms with E-state index in [0.717, 1.165) is 53.2 Å². The molecule has 3 heterocycles. The monoisotopic (exact) mass is 878 g/mol. The van der Waals surface area contributed by atoms with E-state index in [-0.39, 0.29) is 45.1 Å². The van der Waals surface area contributed by atoms with Crippen molar-refractivity contribution in [3.8, 4) is 11.5 Å². The zero-order valence-corrected chi connectivity index (χ0v) is 33.5. The number of aromatic hydroxyl groups is 2. The molecule has 0 radical (unpaired) electrons. The third kappa shape index (κ3) is 23.4. The van der Waals surface area contributed by atoms with Crippen LogP contribution in [0.2, 0.25) is 0 Å². The number of para-hydroxylation sites is 1. The smallest absolute Gasteiger partial charge is 0.300 e. The van der Waals surface area contributed by atoms with Gasteiger partial charge in [0.1, 0.15) is 11.5 Å². The molecule has 5 aromatic rings. The van der Waals surface area contributed by atoms with Gasteiger partial charge in [0.05, 0.1) is 17.1 Å². The number of benzene rings is 2. The molecule has 0 aliphatic carbocycles. The van der Waals surface area contributed by atoms with E-state index in [0.29, 0.717) is 39.3 Å². The van der Waals surface area contributed by atoms with Gasteiger partial charge in [0.2, 0.25) is 0 Å². The molecular formula is C38H43ClFeN5NiO10-. The van der Waals surface area contributed by atoms with Gasteiger partial charge >= 0.3 is 0 Å². The summed E-state index contributed by atoms with van der Waals surface area (Å²) in [7, 11) is -4.94. The summed E-state index contributed by atoms with van der Waals surface area (Å²) in [5.41, 5.74) is 6.43. The van der Waals surface area contributed by atoms with Crippen LogP contribution < -0.4 is 18.6 Å². The number of hydrogen-bond donors (Lipinski definition) is 4. The van der Waals surface area contributed by atoms with Crippen LogP contribution >= 0.6 is 0 Å². The maximum Gasteiger partial charge on any atom is 0.300 e. The molecule has 0 saturated carbocycles. The van der Waals surface area contributed by atoms with Crippen LogP contribution in [0.3, 0.4) is 0 Å². The van der Waals surface area contributed by atoms with Crippen molar-refractivity contribution in [2.45, 2.75) is 60.0 Å². The Bertz CT molecular complexity index is 1800. The number of phenols is 2. The molecule has 56 heavy (non-hydrogen) atoms. The van der Waals surface area contributed by atoms with Crippen LogP contribution in [0.15, 0.2) is 110 Å². The number of aryl methyl sites for hydroxylation is 1. The van der Waals surface area contributed by atoms with Gasteiger partial charge in [-0.1, -0.05) is 54.1 Å². The Morgan fingerprint density at radius 1 is 0.589 bits per heavy atom. The van der Waals surface area contributed by atoms with E-state index in [2.05, 4.69) is 37.7 Å². The van der Waals surface area contributed by atoms with Gasteiger partial charge in [-0.25, -0.2) is 18.6 Å². The number of phenolic OH excluding ortho intramolecular Hbond substituents is 2. The van der Waals surface area contributed by atoms with Crippen molar-refractivity contribution in [3.63, 3.8) is 0 Å². The molecule has 0 saturated heterocycles. The molecule has 0 aliphatic heterocycles. The number of carboxylic acids is 2. The van der Waals surface area contributed by atoms with Crippen molar-refractivity contribution in [1.29, 1.82) is 0 Å². The van der Waals surface area contributed by atoms with Crippen LogP contribution in [0.1, 0.15) is 53.2 Å².